The maximum absolute atomic E-state index is 12.6. The van der Waals surface area contributed by atoms with Crippen molar-refractivity contribution in [1.29, 1.82) is 0 Å². The molecule has 0 unspecified atom stereocenters. The normalized spacial score (nSPS) is 15.4. The number of nitrogens with zero attached hydrogens (tertiary/aromatic N) is 3. The highest BCUT2D eigenvalue weighted by Crippen LogP contribution is 2.38. The number of carbonyl (C=O) groups is 2. The minimum atomic E-state index is -0.735. The molecular weight excluding hydrogens is 376 g/mol. The average Bonchev–Trinajstić information content (AvgIpc) is 3.26. The Balaban J connectivity index is 1.47. The minimum absolute atomic E-state index is 0.204. The van der Waals surface area contributed by atoms with Crippen LogP contribution in [0, 0.1) is 13.5 Å². The molecule has 0 spiro atoms. The van der Waals surface area contributed by atoms with E-state index in [1.165, 1.54) is 0 Å². The fourth-order valence-corrected chi connectivity index (χ4v) is 3.79. The van der Waals surface area contributed by atoms with Crippen LogP contribution in [0.2, 0.25) is 0 Å². The van der Waals surface area contributed by atoms with E-state index < -0.39 is 5.54 Å². The Labute approximate surface area is 175 Å². The molecule has 1 fully saturated rings. The fourth-order valence-electron chi connectivity index (χ4n) is 3.79. The molecule has 6 heteroatoms. The molecule has 1 aliphatic rings. The predicted molar refractivity (Wildman–Crippen MR) is 114 cm³/mol. The number of nitrogens with one attached hydrogen (secondary N) is 1. The molecule has 6 nitrogen and oxygen atoms in total. The molecule has 1 N–H and O–H groups in total. The third kappa shape index (κ3) is 3.87. The van der Waals surface area contributed by atoms with E-state index in [1.54, 1.807) is 30.6 Å². The first-order chi connectivity index (χ1) is 14.5. The minimum Gasteiger partial charge on any atom is -0.323 e. The van der Waals surface area contributed by atoms with Gasteiger partial charge in [0, 0.05) is 43.8 Å². The van der Waals surface area contributed by atoms with Crippen molar-refractivity contribution in [2.45, 2.75) is 38.1 Å². The molecule has 1 aliphatic carbocycles. The Kier molecular flexibility index (Phi) is 5.20. The van der Waals surface area contributed by atoms with E-state index in [2.05, 4.69) is 21.2 Å². The lowest BCUT2D eigenvalue weighted by Gasteiger charge is -2.24. The van der Waals surface area contributed by atoms with Gasteiger partial charge in [0.2, 0.25) is 0 Å². The summed E-state index contributed by atoms with van der Waals surface area (Å²) in [4.78, 5) is 32.4. The van der Waals surface area contributed by atoms with Crippen LogP contribution in [-0.2, 0) is 10.3 Å². The first kappa shape index (κ1) is 19.6. The van der Waals surface area contributed by atoms with Gasteiger partial charge in [-0.3, -0.25) is 14.6 Å². The second-order valence-corrected chi connectivity index (χ2v) is 7.71. The number of ketones is 1. The Morgan fingerprint density at radius 3 is 2.67 bits per heavy atom. The topological polar surface area (TPSA) is 68.3 Å². The van der Waals surface area contributed by atoms with Crippen molar-refractivity contribution in [3.8, 4) is 5.69 Å². The number of aromatic nitrogens is 2. The van der Waals surface area contributed by atoms with Crippen LogP contribution in [0.3, 0.4) is 0 Å². The third-order valence-corrected chi connectivity index (χ3v) is 5.60. The van der Waals surface area contributed by atoms with Crippen molar-refractivity contribution in [3.63, 3.8) is 0 Å². The number of anilines is 1. The smallest absolute Gasteiger partial charge is 0.274 e. The molecular formula is C24H22N4O2. The van der Waals surface area contributed by atoms with Crippen molar-refractivity contribution < 1.29 is 9.59 Å². The van der Waals surface area contributed by atoms with Crippen molar-refractivity contribution in [2.75, 3.05) is 5.32 Å². The summed E-state index contributed by atoms with van der Waals surface area (Å²) in [6.45, 7) is 9.64. The molecule has 150 valence electrons. The van der Waals surface area contributed by atoms with Gasteiger partial charge in [-0.2, -0.15) is 0 Å². The molecule has 3 aromatic rings. The van der Waals surface area contributed by atoms with E-state index in [0.717, 1.165) is 11.3 Å². The van der Waals surface area contributed by atoms with E-state index >= 15 is 0 Å². The van der Waals surface area contributed by atoms with E-state index in [1.807, 2.05) is 35.9 Å². The van der Waals surface area contributed by atoms with E-state index in [9.17, 15) is 9.59 Å². The van der Waals surface area contributed by atoms with Gasteiger partial charge in [-0.15, -0.1) is 0 Å². The number of amides is 1. The van der Waals surface area contributed by atoms with Crippen molar-refractivity contribution in [1.82, 2.24) is 9.55 Å². The summed E-state index contributed by atoms with van der Waals surface area (Å²) in [6, 6.07) is 13.4. The van der Waals surface area contributed by atoms with Crippen LogP contribution < -0.4 is 5.32 Å². The third-order valence-electron chi connectivity index (χ3n) is 5.60. The molecule has 1 aromatic carbocycles. The van der Waals surface area contributed by atoms with E-state index in [4.69, 9.17) is 6.57 Å². The quantitative estimate of drug-likeness (QED) is 0.648. The molecule has 0 atom stereocenters. The molecule has 0 bridgehead atoms. The fraction of sp³-hybridized carbons (Fsp3) is 0.250. The number of Topliss-reactive ketones (excluding diaryl/α,β-unsaturated/α-hetero) is 1. The predicted octanol–water partition coefficient (Wildman–Crippen LogP) is 4.69. The Morgan fingerprint density at radius 2 is 2.00 bits per heavy atom. The first-order valence-electron chi connectivity index (χ1n) is 9.92. The van der Waals surface area contributed by atoms with Gasteiger partial charge in [0.25, 0.3) is 11.4 Å². The summed E-state index contributed by atoms with van der Waals surface area (Å²) in [5, 5.41) is 2.86. The summed E-state index contributed by atoms with van der Waals surface area (Å²) in [7, 11) is 0. The van der Waals surface area contributed by atoms with Crippen molar-refractivity contribution in [2.24, 2.45) is 0 Å². The van der Waals surface area contributed by atoms with Gasteiger partial charge < -0.3 is 14.7 Å². The largest absolute Gasteiger partial charge is 0.323 e. The SMILES string of the molecule is [C-]#[N+]C1(c2ccc(NC(=O)c3ccn(-c4cccc(C)c4)c3)cn2)CCC(=O)CC1. The van der Waals surface area contributed by atoms with Crippen molar-refractivity contribution >= 4 is 17.4 Å². The number of carbonyl (C=O) groups excluding carboxylic acids is 2. The van der Waals surface area contributed by atoms with Crippen LogP contribution in [0.15, 0.2) is 61.1 Å². The number of hydrogen-bond donors (Lipinski definition) is 1. The Hall–Kier alpha value is -3.72. The maximum Gasteiger partial charge on any atom is 0.274 e. The molecule has 0 aliphatic heterocycles. The van der Waals surface area contributed by atoms with Gasteiger partial charge in [-0.25, -0.2) is 6.57 Å². The lowest BCUT2D eigenvalue weighted by atomic mass is 9.79. The van der Waals surface area contributed by atoms with Crippen LogP contribution >= 0.6 is 0 Å². The molecule has 2 aromatic heterocycles. The zero-order valence-electron chi connectivity index (χ0n) is 16.8. The van der Waals surface area contributed by atoms with Crippen LogP contribution in [0.4, 0.5) is 5.69 Å². The summed E-state index contributed by atoms with van der Waals surface area (Å²) < 4.78 is 1.91. The van der Waals surface area contributed by atoms with Crippen LogP contribution in [-0.4, -0.2) is 21.2 Å². The summed E-state index contributed by atoms with van der Waals surface area (Å²) >= 11 is 0. The zero-order valence-corrected chi connectivity index (χ0v) is 16.8. The summed E-state index contributed by atoms with van der Waals surface area (Å²) in [6.07, 6.45) is 7.06. The maximum atomic E-state index is 12.6. The highest BCUT2D eigenvalue weighted by Gasteiger charge is 2.43. The average molecular weight is 398 g/mol. The molecule has 1 saturated carbocycles. The number of rotatable bonds is 4. The van der Waals surface area contributed by atoms with Crippen LogP contribution in [0.1, 0.15) is 47.3 Å². The van der Waals surface area contributed by atoms with E-state index in [0.29, 0.717) is 42.6 Å². The lowest BCUT2D eigenvalue weighted by Crippen LogP contribution is -2.29. The first-order valence-corrected chi connectivity index (χ1v) is 9.92. The Morgan fingerprint density at radius 1 is 1.20 bits per heavy atom. The highest BCUT2D eigenvalue weighted by molar-refractivity contribution is 6.04. The van der Waals surface area contributed by atoms with Gasteiger partial charge in [-0.1, -0.05) is 12.1 Å². The van der Waals surface area contributed by atoms with Gasteiger partial charge in [-0.05, 0) is 42.8 Å². The molecule has 0 saturated heterocycles. The van der Waals surface area contributed by atoms with E-state index in [-0.39, 0.29) is 11.7 Å². The molecule has 4 rings (SSSR count). The van der Waals surface area contributed by atoms with Gasteiger partial charge in [0.15, 0.2) is 0 Å². The molecule has 0 radical (unpaired) electrons. The number of pyridine rings is 1. The second-order valence-electron chi connectivity index (χ2n) is 7.71. The highest BCUT2D eigenvalue weighted by atomic mass is 16.1. The second kappa shape index (κ2) is 7.96. The van der Waals surface area contributed by atoms with Gasteiger partial charge >= 0.3 is 0 Å². The summed E-state index contributed by atoms with van der Waals surface area (Å²) in [5.41, 5.74) is 3.19. The van der Waals surface area contributed by atoms with Crippen LogP contribution in [0.25, 0.3) is 10.5 Å². The Bertz CT molecular complexity index is 1130. The van der Waals surface area contributed by atoms with Crippen LogP contribution in [0.5, 0.6) is 0 Å². The monoisotopic (exact) mass is 398 g/mol. The number of aryl methyl sites for hydroxylation is 1. The zero-order chi connectivity index (χ0) is 21.1. The molecule has 2 heterocycles. The lowest BCUT2D eigenvalue weighted by molar-refractivity contribution is -0.121. The van der Waals surface area contributed by atoms with Crippen molar-refractivity contribution in [3.05, 3.63) is 89.3 Å². The number of hydrogen-bond acceptors (Lipinski definition) is 3. The standard InChI is InChI=1S/C24H22N4O2/c1-17-4-3-5-20(14-17)28-13-10-18(16-28)23(30)27-19-6-7-22(26-15-19)24(25-2)11-8-21(29)9-12-24/h3-7,10,13-16H,8-9,11-12H2,1H3,(H,27,30). The molecule has 1 amide bonds. The van der Waals surface area contributed by atoms with Gasteiger partial charge in [0.1, 0.15) is 11.5 Å². The van der Waals surface area contributed by atoms with Gasteiger partial charge in [0.05, 0.1) is 17.4 Å². The molecule has 30 heavy (non-hydrogen) atoms. The number of benzene rings is 1. The summed E-state index contributed by atoms with van der Waals surface area (Å²) in [5.74, 6) is -0.0186.